The average molecular weight is 266 g/mol. The van der Waals surface area contributed by atoms with Gasteiger partial charge in [-0.1, -0.05) is 0 Å². The fourth-order valence-electron chi connectivity index (χ4n) is 1.69. The molecule has 7 heteroatoms. The number of ether oxygens (including phenoxy) is 1. The fourth-order valence-corrected chi connectivity index (χ4v) is 2.97. The summed E-state index contributed by atoms with van der Waals surface area (Å²) in [5.41, 5.74) is 0. The summed E-state index contributed by atoms with van der Waals surface area (Å²) >= 11 is 0. The summed E-state index contributed by atoms with van der Waals surface area (Å²) in [7, 11) is -3.24. The summed E-state index contributed by atoms with van der Waals surface area (Å²) in [6, 6.07) is 0. The van der Waals surface area contributed by atoms with Gasteiger partial charge in [0.05, 0.1) is 18.0 Å². The molecule has 2 atom stereocenters. The van der Waals surface area contributed by atoms with Crippen molar-refractivity contribution < 1.29 is 18.3 Å². The molecule has 0 aromatic carbocycles. The van der Waals surface area contributed by atoms with Crippen molar-refractivity contribution in [1.29, 1.82) is 0 Å². The maximum atomic E-state index is 11.6. The SMILES string of the molecule is CC(O)CNCCNS(=O)(=O)CC1CCCO1. The van der Waals surface area contributed by atoms with Crippen molar-refractivity contribution >= 4 is 10.0 Å². The van der Waals surface area contributed by atoms with Crippen LogP contribution in [0.25, 0.3) is 0 Å². The molecule has 1 rings (SSSR count). The highest BCUT2D eigenvalue weighted by molar-refractivity contribution is 7.89. The second-order valence-electron chi connectivity index (χ2n) is 4.36. The van der Waals surface area contributed by atoms with Crippen LogP contribution in [0, 0.1) is 0 Å². The van der Waals surface area contributed by atoms with E-state index in [1.165, 1.54) is 0 Å². The third-order valence-corrected chi connectivity index (χ3v) is 3.95. The number of aliphatic hydroxyl groups excluding tert-OH is 1. The van der Waals surface area contributed by atoms with E-state index in [-0.39, 0.29) is 11.9 Å². The molecule has 1 aliphatic rings. The Hall–Kier alpha value is -0.210. The van der Waals surface area contributed by atoms with Gasteiger partial charge in [-0.05, 0) is 19.8 Å². The predicted octanol–water partition coefficient (Wildman–Crippen LogP) is -0.945. The minimum atomic E-state index is -3.24. The van der Waals surface area contributed by atoms with Gasteiger partial charge in [-0.15, -0.1) is 0 Å². The van der Waals surface area contributed by atoms with Crippen LogP contribution in [0.5, 0.6) is 0 Å². The standard InChI is InChI=1S/C10H22N2O4S/c1-9(13)7-11-4-5-12-17(14,15)8-10-3-2-6-16-10/h9-13H,2-8H2,1H3. The molecule has 0 amide bonds. The molecule has 1 aliphatic heterocycles. The van der Waals surface area contributed by atoms with Crippen molar-refractivity contribution in [3.8, 4) is 0 Å². The molecular formula is C10H22N2O4S. The molecule has 1 fully saturated rings. The third-order valence-electron chi connectivity index (χ3n) is 2.49. The monoisotopic (exact) mass is 266 g/mol. The maximum absolute atomic E-state index is 11.6. The predicted molar refractivity (Wildman–Crippen MR) is 65.3 cm³/mol. The van der Waals surface area contributed by atoms with Crippen LogP contribution in [-0.2, 0) is 14.8 Å². The van der Waals surface area contributed by atoms with Gasteiger partial charge >= 0.3 is 0 Å². The van der Waals surface area contributed by atoms with E-state index in [9.17, 15) is 8.42 Å². The Morgan fingerprint density at radius 3 is 2.82 bits per heavy atom. The highest BCUT2D eigenvalue weighted by atomic mass is 32.2. The van der Waals surface area contributed by atoms with Crippen molar-refractivity contribution in [3.05, 3.63) is 0 Å². The van der Waals surface area contributed by atoms with E-state index in [0.29, 0.717) is 26.2 Å². The summed E-state index contributed by atoms with van der Waals surface area (Å²) in [6.07, 6.45) is 1.19. The zero-order chi connectivity index (χ0) is 12.7. The Balaban J connectivity index is 2.11. The molecule has 1 heterocycles. The second-order valence-corrected chi connectivity index (χ2v) is 6.22. The van der Waals surface area contributed by atoms with E-state index < -0.39 is 16.1 Å². The summed E-state index contributed by atoms with van der Waals surface area (Å²) in [5, 5.41) is 11.9. The molecule has 0 aromatic rings. The second kappa shape index (κ2) is 7.27. The number of hydrogen-bond donors (Lipinski definition) is 3. The number of aliphatic hydroxyl groups is 1. The number of rotatable bonds is 8. The van der Waals surface area contributed by atoms with Crippen LogP contribution < -0.4 is 10.0 Å². The smallest absolute Gasteiger partial charge is 0.214 e. The Bertz CT molecular complexity index is 299. The molecule has 3 N–H and O–H groups in total. The first kappa shape index (κ1) is 14.8. The average Bonchev–Trinajstić information content (AvgIpc) is 2.68. The lowest BCUT2D eigenvalue weighted by atomic mass is 10.3. The van der Waals surface area contributed by atoms with Crippen molar-refractivity contribution in [2.45, 2.75) is 32.0 Å². The van der Waals surface area contributed by atoms with Crippen LogP contribution in [0.2, 0.25) is 0 Å². The van der Waals surface area contributed by atoms with Crippen LogP contribution in [-0.4, -0.2) is 57.7 Å². The lowest BCUT2D eigenvalue weighted by Crippen LogP contribution is -2.37. The maximum Gasteiger partial charge on any atom is 0.214 e. The zero-order valence-corrected chi connectivity index (χ0v) is 11.0. The van der Waals surface area contributed by atoms with E-state index in [2.05, 4.69) is 10.0 Å². The highest BCUT2D eigenvalue weighted by Crippen LogP contribution is 2.13. The Labute approximate surface area is 103 Å². The quantitative estimate of drug-likeness (QED) is 0.493. The van der Waals surface area contributed by atoms with Gasteiger partial charge < -0.3 is 15.2 Å². The van der Waals surface area contributed by atoms with Crippen molar-refractivity contribution in [2.24, 2.45) is 0 Å². The molecule has 0 aliphatic carbocycles. The van der Waals surface area contributed by atoms with Crippen LogP contribution in [0.15, 0.2) is 0 Å². The number of hydrogen-bond acceptors (Lipinski definition) is 5. The molecule has 0 radical (unpaired) electrons. The molecule has 6 nitrogen and oxygen atoms in total. The van der Waals surface area contributed by atoms with E-state index in [0.717, 1.165) is 12.8 Å². The van der Waals surface area contributed by atoms with Gasteiger partial charge in [-0.3, -0.25) is 0 Å². The van der Waals surface area contributed by atoms with Gasteiger partial charge in [0, 0.05) is 26.2 Å². The van der Waals surface area contributed by atoms with Gasteiger partial charge in [0.15, 0.2) is 0 Å². The van der Waals surface area contributed by atoms with Crippen molar-refractivity contribution in [2.75, 3.05) is 32.0 Å². The highest BCUT2D eigenvalue weighted by Gasteiger charge is 2.22. The minimum absolute atomic E-state index is 0.0450. The largest absolute Gasteiger partial charge is 0.392 e. The van der Waals surface area contributed by atoms with Crippen LogP contribution in [0.3, 0.4) is 0 Å². The molecule has 0 saturated carbocycles. The summed E-state index contributed by atoms with van der Waals surface area (Å²) in [5.74, 6) is 0.0450. The topological polar surface area (TPSA) is 87.7 Å². The zero-order valence-electron chi connectivity index (χ0n) is 10.2. The van der Waals surface area contributed by atoms with Crippen molar-refractivity contribution in [3.63, 3.8) is 0 Å². The summed E-state index contributed by atoms with van der Waals surface area (Å²) < 4.78 is 31.0. The van der Waals surface area contributed by atoms with E-state index in [4.69, 9.17) is 9.84 Å². The van der Waals surface area contributed by atoms with E-state index in [1.54, 1.807) is 6.92 Å². The first-order valence-corrected chi connectivity index (χ1v) is 7.62. The van der Waals surface area contributed by atoms with Gasteiger partial charge in [-0.2, -0.15) is 0 Å². The lowest BCUT2D eigenvalue weighted by molar-refractivity contribution is 0.127. The van der Waals surface area contributed by atoms with E-state index in [1.807, 2.05) is 0 Å². The Kier molecular flexibility index (Phi) is 6.35. The first-order chi connectivity index (χ1) is 7.99. The lowest BCUT2D eigenvalue weighted by Gasteiger charge is -2.12. The molecular weight excluding hydrogens is 244 g/mol. The summed E-state index contributed by atoms with van der Waals surface area (Å²) in [4.78, 5) is 0. The van der Waals surface area contributed by atoms with Crippen LogP contribution >= 0.6 is 0 Å². The number of nitrogens with one attached hydrogen (secondary N) is 2. The Morgan fingerprint density at radius 2 is 2.24 bits per heavy atom. The Morgan fingerprint density at radius 1 is 1.47 bits per heavy atom. The van der Waals surface area contributed by atoms with Gasteiger partial charge in [-0.25, -0.2) is 13.1 Å². The fraction of sp³-hybridized carbons (Fsp3) is 1.00. The number of sulfonamides is 1. The summed E-state index contributed by atoms with van der Waals surface area (Å²) in [6.45, 7) is 3.65. The minimum Gasteiger partial charge on any atom is -0.392 e. The third kappa shape index (κ3) is 6.95. The normalized spacial score (nSPS) is 22.8. The van der Waals surface area contributed by atoms with Crippen LogP contribution in [0.4, 0.5) is 0 Å². The molecule has 2 unspecified atom stereocenters. The van der Waals surface area contributed by atoms with Gasteiger partial charge in [0.25, 0.3) is 0 Å². The molecule has 0 spiro atoms. The molecule has 0 aromatic heterocycles. The van der Waals surface area contributed by atoms with E-state index >= 15 is 0 Å². The van der Waals surface area contributed by atoms with Gasteiger partial charge in [0.2, 0.25) is 10.0 Å². The molecule has 102 valence electrons. The molecule has 1 saturated heterocycles. The molecule has 0 bridgehead atoms. The van der Waals surface area contributed by atoms with Crippen LogP contribution in [0.1, 0.15) is 19.8 Å². The van der Waals surface area contributed by atoms with Crippen molar-refractivity contribution in [1.82, 2.24) is 10.0 Å². The first-order valence-electron chi connectivity index (χ1n) is 5.97. The molecule has 17 heavy (non-hydrogen) atoms. The van der Waals surface area contributed by atoms with Gasteiger partial charge in [0.1, 0.15) is 0 Å².